The quantitative estimate of drug-likeness (QED) is 0.629. The van der Waals surface area contributed by atoms with E-state index in [9.17, 15) is 16.8 Å². The van der Waals surface area contributed by atoms with Crippen LogP contribution in [0.15, 0.2) is 58.3 Å². The highest BCUT2D eigenvalue weighted by Crippen LogP contribution is 2.33. The maximum absolute atomic E-state index is 12.6. The molecule has 1 fully saturated rings. The van der Waals surface area contributed by atoms with Crippen LogP contribution in [0.2, 0.25) is 0 Å². The Labute approximate surface area is 170 Å². The molecule has 0 saturated carbocycles. The number of rotatable bonds is 6. The standard InChI is InChI=1S/C19H22O8S2/c1-13-5-9-15(10-6-13)28(20,21)26-17-18(25-19(3,4)24-17)27-29(22,23)16-11-7-14(2)8-12-16/h5-12,17-18H,1-4H3/t17-,18-/m0/s1. The van der Waals surface area contributed by atoms with Gasteiger partial charge in [0, 0.05) is 0 Å². The molecule has 0 N–H and O–H groups in total. The van der Waals surface area contributed by atoms with Crippen molar-refractivity contribution in [1.82, 2.24) is 0 Å². The van der Waals surface area contributed by atoms with Crippen molar-refractivity contribution in [2.45, 2.75) is 55.9 Å². The van der Waals surface area contributed by atoms with Crippen molar-refractivity contribution in [2.75, 3.05) is 0 Å². The molecular formula is C19H22O8S2. The van der Waals surface area contributed by atoms with Crippen LogP contribution in [0.5, 0.6) is 0 Å². The molecule has 158 valence electrons. The maximum atomic E-state index is 12.6. The number of hydrogen-bond acceptors (Lipinski definition) is 8. The van der Waals surface area contributed by atoms with E-state index in [-0.39, 0.29) is 9.79 Å². The summed E-state index contributed by atoms with van der Waals surface area (Å²) in [4.78, 5) is -0.201. The molecule has 0 aliphatic carbocycles. The first kappa shape index (κ1) is 21.9. The molecule has 2 aromatic carbocycles. The van der Waals surface area contributed by atoms with Crippen molar-refractivity contribution in [2.24, 2.45) is 0 Å². The van der Waals surface area contributed by atoms with Crippen LogP contribution in [0, 0.1) is 13.8 Å². The van der Waals surface area contributed by atoms with E-state index < -0.39 is 38.6 Å². The van der Waals surface area contributed by atoms with Gasteiger partial charge in [-0.05, 0) is 52.0 Å². The average Bonchev–Trinajstić information content (AvgIpc) is 2.87. The molecule has 2 aromatic rings. The Morgan fingerprint density at radius 2 is 1.00 bits per heavy atom. The van der Waals surface area contributed by atoms with E-state index in [0.717, 1.165) is 11.1 Å². The predicted molar refractivity (Wildman–Crippen MR) is 103 cm³/mol. The van der Waals surface area contributed by atoms with Gasteiger partial charge >= 0.3 is 0 Å². The maximum Gasteiger partial charge on any atom is 0.299 e. The predicted octanol–water partition coefficient (Wildman–Crippen LogP) is 2.85. The second kappa shape index (κ2) is 7.78. The zero-order chi connectivity index (χ0) is 21.4. The highest BCUT2D eigenvalue weighted by atomic mass is 32.2. The van der Waals surface area contributed by atoms with Crippen LogP contribution in [-0.4, -0.2) is 35.2 Å². The van der Waals surface area contributed by atoms with Gasteiger partial charge in [0.1, 0.15) is 0 Å². The number of aryl methyl sites for hydroxylation is 2. The molecule has 1 aliphatic rings. The molecule has 2 atom stereocenters. The van der Waals surface area contributed by atoms with Crippen LogP contribution < -0.4 is 0 Å². The summed E-state index contributed by atoms with van der Waals surface area (Å²) in [5.41, 5.74) is 1.74. The summed E-state index contributed by atoms with van der Waals surface area (Å²) in [7, 11) is -8.50. The zero-order valence-corrected chi connectivity index (χ0v) is 18.0. The van der Waals surface area contributed by atoms with Crippen LogP contribution in [0.4, 0.5) is 0 Å². The lowest BCUT2D eigenvalue weighted by atomic mass is 10.2. The van der Waals surface area contributed by atoms with E-state index in [2.05, 4.69) is 0 Å². The average molecular weight is 443 g/mol. The molecule has 0 spiro atoms. The van der Waals surface area contributed by atoms with Gasteiger partial charge in [-0.3, -0.25) is 0 Å². The summed E-state index contributed by atoms with van der Waals surface area (Å²) in [6.45, 7) is 6.61. The van der Waals surface area contributed by atoms with Crippen LogP contribution in [0.3, 0.4) is 0 Å². The molecule has 0 amide bonds. The Balaban J connectivity index is 1.83. The summed E-state index contributed by atoms with van der Waals surface area (Å²) >= 11 is 0. The molecule has 1 saturated heterocycles. The van der Waals surface area contributed by atoms with Gasteiger partial charge in [-0.25, -0.2) is 8.37 Å². The summed E-state index contributed by atoms with van der Waals surface area (Å²) in [5, 5.41) is 0. The fourth-order valence-corrected chi connectivity index (χ4v) is 4.52. The van der Waals surface area contributed by atoms with Crippen LogP contribution in [0.1, 0.15) is 25.0 Å². The Hall–Kier alpha value is -1.82. The second-order valence-electron chi connectivity index (χ2n) is 7.10. The van der Waals surface area contributed by atoms with E-state index in [1.807, 2.05) is 13.8 Å². The molecule has 1 aliphatic heterocycles. The first-order chi connectivity index (χ1) is 13.4. The Kier molecular flexibility index (Phi) is 5.87. The fourth-order valence-electron chi connectivity index (χ4n) is 2.60. The molecule has 0 bridgehead atoms. The lowest BCUT2D eigenvalue weighted by Gasteiger charge is -2.17. The molecule has 10 heteroatoms. The molecule has 0 radical (unpaired) electrons. The van der Waals surface area contributed by atoms with Crippen molar-refractivity contribution in [3.8, 4) is 0 Å². The van der Waals surface area contributed by atoms with Gasteiger partial charge in [0.2, 0.25) is 12.6 Å². The van der Waals surface area contributed by atoms with Gasteiger partial charge in [0.15, 0.2) is 5.79 Å². The van der Waals surface area contributed by atoms with Gasteiger partial charge in [0.25, 0.3) is 20.2 Å². The Morgan fingerprint density at radius 3 is 1.31 bits per heavy atom. The van der Waals surface area contributed by atoms with E-state index in [4.69, 9.17) is 17.8 Å². The third kappa shape index (κ3) is 5.21. The van der Waals surface area contributed by atoms with Crippen LogP contribution in [0.25, 0.3) is 0 Å². The third-order valence-corrected chi connectivity index (χ3v) is 6.67. The van der Waals surface area contributed by atoms with Crippen molar-refractivity contribution in [1.29, 1.82) is 0 Å². The van der Waals surface area contributed by atoms with Crippen molar-refractivity contribution < 1.29 is 34.7 Å². The molecule has 1 heterocycles. The monoisotopic (exact) mass is 442 g/mol. The first-order valence-corrected chi connectivity index (χ1v) is 11.6. The highest BCUT2D eigenvalue weighted by molar-refractivity contribution is 7.87. The fraction of sp³-hybridized carbons (Fsp3) is 0.368. The molecule has 0 aromatic heterocycles. The summed E-state index contributed by atoms with van der Waals surface area (Å²) < 4.78 is 71.3. The molecule has 0 unspecified atom stereocenters. The topological polar surface area (TPSA) is 105 Å². The molecule has 8 nitrogen and oxygen atoms in total. The van der Waals surface area contributed by atoms with E-state index >= 15 is 0 Å². The smallest absolute Gasteiger partial charge is 0.299 e. The Bertz CT molecular complexity index is 985. The van der Waals surface area contributed by atoms with Gasteiger partial charge < -0.3 is 9.47 Å². The summed E-state index contributed by atoms with van der Waals surface area (Å²) in [6.07, 6.45) is -3.23. The minimum Gasteiger partial charge on any atom is -0.315 e. The number of benzene rings is 2. The Morgan fingerprint density at radius 1 is 0.690 bits per heavy atom. The highest BCUT2D eigenvalue weighted by Gasteiger charge is 2.47. The van der Waals surface area contributed by atoms with Gasteiger partial charge in [0.05, 0.1) is 9.79 Å². The van der Waals surface area contributed by atoms with Gasteiger partial charge in [-0.2, -0.15) is 16.8 Å². The minimum atomic E-state index is -4.25. The van der Waals surface area contributed by atoms with Gasteiger partial charge in [-0.1, -0.05) is 35.4 Å². The summed E-state index contributed by atoms with van der Waals surface area (Å²) in [5.74, 6) is -1.32. The lowest BCUT2D eigenvalue weighted by Crippen LogP contribution is -2.32. The van der Waals surface area contributed by atoms with Crippen LogP contribution in [-0.2, 0) is 38.1 Å². The normalized spacial score (nSPS) is 21.9. The number of ether oxygens (including phenoxy) is 2. The van der Waals surface area contributed by atoms with E-state index in [1.54, 1.807) is 24.3 Å². The second-order valence-corrected chi connectivity index (χ2v) is 10.2. The minimum absolute atomic E-state index is 0.100. The van der Waals surface area contributed by atoms with Crippen molar-refractivity contribution in [3.63, 3.8) is 0 Å². The van der Waals surface area contributed by atoms with E-state index in [0.29, 0.717) is 0 Å². The lowest BCUT2D eigenvalue weighted by molar-refractivity contribution is -0.173. The van der Waals surface area contributed by atoms with Crippen molar-refractivity contribution >= 4 is 20.2 Å². The third-order valence-electron chi connectivity index (χ3n) is 4.08. The molecule has 3 rings (SSSR count). The van der Waals surface area contributed by atoms with E-state index in [1.165, 1.54) is 38.1 Å². The van der Waals surface area contributed by atoms with Crippen molar-refractivity contribution in [3.05, 3.63) is 59.7 Å². The zero-order valence-electron chi connectivity index (χ0n) is 16.4. The SMILES string of the molecule is Cc1ccc(S(=O)(=O)O[C@@H]2OC(C)(C)O[C@H]2OS(=O)(=O)c2ccc(C)cc2)cc1. The number of hydrogen-bond donors (Lipinski definition) is 0. The first-order valence-electron chi connectivity index (χ1n) is 8.74. The van der Waals surface area contributed by atoms with Gasteiger partial charge in [-0.15, -0.1) is 0 Å². The summed E-state index contributed by atoms with van der Waals surface area (Å²) in [6, 6.07) is 12.0. The largest absolute Gasteiger partial charge is 0.315 e. The molecule has 29 heavy (non-hydrogen) atoms. The molecular weight excluding hydrogens is 420 g/mol. The van der Waals surface area contributed by atoms with Crippen LogP contribution >= 0.6 is 0 Å².